The molecule has 0 radical (unpaired) electrons. The molecule has 2 aromatic carbocycles. The van der Waals surface area contributed by atoms with Crippen LogP contribution in [0.1, 0.15) is 30.4 Å². The van der Waals surface area contributed by atoms with Gasteiger partial charge in [-0.1, -0.05) is 36.4 Å². The van der Waals surface area contributed by atoms with Gasteiger partial charge in [-0.3, -0.25) is 19.2 Å². The van der Waals surface area contributed by atoms with E-state index in [2.05, 4.69) is 20.6 Å². The van der Waals surface area contributed by atoms with Crippen LogP contribution >= 0.6 is 0 Å². The molecule has 4 aromatic rings. The Morgan fingerprint density at radius 1 is 0.864 bits per heavy atom. The van der Waals surface area contributed by atoms with Gasteiger partial charge in [-0.15, -0.1) is 0 Å². The lowest BCUT2D eigenvalue weighted by atomic mass is 10.0. The maximum absolute atomic E-state index is 14.0. The smallest absolute Gasteiger partial charge is 0.326 e. The fourth-order valence-electron chi connectivity index (χ4n) is 5.77. The third-order valence-electron chi connectivity index (χ3n) is 8.00. The topological polar surface area (TPSA) is 211 Å². The Labute approximate surface area is 251 Å². The van der Waals surface area contributed by atoms with Crippen LogP contribution < -0.4 is 16.4 Å². The molecule has 1 saturated heterocycles. The number of H-pyrrole nitrogens is 2. The van der Waals surface area contributed by atoms with Crippen molar-refractivity contribution in [2.45, 2.75) is 56.3 Å². The summed E-state index contributed by atoms with van der Waals surface area (Å²) in [7, 11) is 0. The van der Waals surface area contributed by atoms with Crippen LogP contribution in [-0.2, 0) is 36.8 Å². The molecular weight excluding hydrogens is 568 g/mol. The van der Waals surface area contributed by atoms with Gasteiger partial charge in [0.15, 0.2) is 0 Å². The van der Waals surface area contributed by atoms with Crippen LogP contribution in [0.4, 0.5) is 0 Å². The summed E-state index contributed by atoms with van der Waals surface area (Å²) < 4.78 is 0. The molecule has 0 aliphatic carbocycles. The van der Waals surface area contributed by atoms with E-state index in [4.69, 9.17) is 10.8 Å². The predicted octanol–water partition coefficient (Wildman–Crippen LogP) is 1.28. The number of amides is 3. The lowest BCUT2D eigenvalue weighted by Gasteiger charge is -2.30. The number of para-hydroxylation sites is 2. The third-order valence-corrected chi connectivity index (χ3v) is 8.00. The van der Waals surface area contributed by atoms with E-state index in [1.54, 1.807) is 12.4 Å². The first-order valence-electron chi connectivity index (χ1n) is 14.3. The molecule has 1 aliphatic rings. The number of carbonyl (C=O) groups excluding carboxylic acids is 3. The SMILES string of the molecule is NC(CC(=O)O)C(=O)NC(Cc1c[nH]c2ccccc12)C(=O)N1CCCC1C(=O)NC(Cc1c[nH]c2ccccc12)C(=O)O. The zero-order chi connectivity index (χ0) is 31.4. The summed E-state index contributed by atoms with van der Waals surface area (Å²) in [4.78, 5) is 71.2. The van der Waals surface area contributed by atoms with E-state index in [-0.39, 0.29) is 19.4 Å². The van der Waals surface area contributed by atoms with E-state index in [1.807, 2.05) is 48.5 Å². The van der Waals surface area contributed by atoms with Gasteiger partial charge in [0.2, 0.25) is 17.7 Å². The Morgan fingerprint density at radius 2 is 1.43 bits per heavy atom. The van der Waals surface area contributed by atoms with Gasteiger partial charge in [0.25, 0.3) is 0 Å². The molecule has 13 heteroatoms. The molecule has 0 bridgehead atoms. The largest absolute Gasteiger partial charge is 0.481 e. The number of nitrogens with one attached hydrogen (secondary N) is 4. The number of carboxylic acid groups (broad SMARTS) is 2. The lowest BCUT2D eigenvalue weighted by molar-refractivity contribution is -0.145. The zero-order valence-electron chi connectivity index (χ0n) is 23.8. The number of benzene rings is 2. The highest BCUT2D eigenvalue weighted by Crippen LogP contribution is 2.24. The Hall–Kier alpha value is -5.17. The Balaban J connectivity index is 1.34. The fourth-order valence-corrected chi connectivity index (χ4v) is 5.77. The van der Waals surface area contributed by atoms with E-state index in [9.17, 15) is 29.1 Å². The number of aliphatic carboxylic acids is 2. The van der Waals surface area contributed by atoms with Crippen molar-refractivity contribution in [2.75, 3.05) is 6.54 Å². The van der Waals surface area contributed by atoms with Crippen LogP contribution in [0.2, 0.25) is 0 Å². The van der Waals surface area contributed by atoms with Crippen LogP contribution in [0.5, 0.6) is 0 Å². The predicted molar refractivity (Wildman–Crippen MR) is 160 cm³/mol. The molecule has 1 fully saturated rings. The number of rotatable bonds is 12. The number of hydrogen-bond donors (Lipinski definition) is 7. The second kappa shape index (κ2) is 13.0. The Bertz CT molecular complexity index is 1710. The summed E-state index contributed by atoms with van der Waals surface area (Å²) in [5.74, 6) is -4.44. The van der Waals surface area contributed by atoms with Crippen LogP contribution in [0, 0.1) is 0 Å². The highest BCUT2D eigenvalue weighted by Gasteiger charge is 2.39. The van der Waals surface area contributed by atoms with Crippen molar-refractivity contribution in [3.8, 4) is 0 Å². The molecule has 8 N–H and O–H groups in total. The molecule has 0 spiro atoms. The number of nitrogens with zero attached hydrogens (tertiary/aromatic N) is 1. The molecular formula is C31H34N6O7. The Kier molecular flexibility index (Phi) is 8.95. The molecule has 3 heterocycles. The van der Waals surface area contributed by atoms with E-state index >= 15 is 0 Å². The van der Waals surface area contributed by atoms with Gasteiger partial charge < -0.3 is 41.4 Å². The summed E-state index contributed by atoms with van der Waals surface area (Å²) in [5.41, 5.74) is 8.92. The minimum Gasteiger partial charge on any atom is -0.481 e. The van der Waals surface area contributed by atoms with E-state index in [0.29, 0.717) is 12.8 Å². The van der Waals surface area contributed by atoms with Gasteiger partial charge in [0.05, 0.1) is 12.5 Å². The number of nitrogens with two attached hydrogens (primary N) is 1. The highest BCUT2D eigenvalue weighted by atomic mass is 16.4. The van der Waals surface area contributed by atoms with Crippen molar-refractivity contribution >= 4 is 51.5 Å². The maximum atomic E-state index is 14.0. The molecule has 3 amide bonds. The Morgan fingerprint density at radius 3 is 2.00 bits per heavy atom. The first-order chi connectivity index (χ1) is 21.1. The van der Waals surface area contributed by atoms with Crippen LogP contribution in [0.25, 0.3) is 21.8 Å². The van der Waals surface area contributed by atoms with E-state index in [0.717, 1.165) is 32.9 Å². The average Bonchev–Trinajstić information content (AvgIpc) is 3.75. The van der Waals surface area contributed by atoms with Crippen LogP contribution in [-0.4, -0.2) is 85.5 Å². The summed E-state index contributed by atoms with van der Waals surface area (Å²) in [6.45, 7) is 0.221. The number of aromatic amines is 2. The number of fused-ring (bicyclic) bond motifs is 2. The molecule has 2 aromatic heterocycles. The number of aromatic nitrogens is 2. The molecule has 230 valence electrons. The molecule has 44 heavy (non-hydrogen) atoms. The summed E-state index contributed by atoms with van der Waals surface area (Å²) in [6.07, 6.45) is 3.71. The van der Waals surface area contributed by atoms with Crippen LogP contribution in [0.15, 0.2) is 60.9 Å². The van der Waals surface area contributed by atoms with Crippen LogP contribution in [0.3, 0.4) is 0 Å². The summed E-state index contributed by atoms with van der Waals surface area (Å²) in [6, 6.07) is 10.1. The number of carboxylic acids is 2. The van der Waals surface area contributed by atoms with Gasteiger partial charge in [-0.2, -0.15) is 0 Å². The molecule has 5 rings (SSSR count). The average molecular weight is 603 g/mol. The van der Waals surface area contributed by atoms with E-state index in [1.165, 1.54) is 4.90 Å². The second-order valence-corrected chi connectivity index (χ2v) is 11.0. The highest BCUT2D eigenvalue weighted by molar-refractivity contribution is 5.96. The molecule has 4 unspecified atom stereocenters. The fraction of sp³-hybridized carbons (Fsp3) is 0.323. The molecule has 4 atom stereocenters. The summed E-state index contributed by atoms with van der Waals surface area (Å²) in [5, 5.41) is 25.9. The quantitative estimate of drug-likeness (QED) is 0.125. The molecule has 1 aliphatic heterocycles. The second-order valence-electron chi connectivity index (χ2n) is 11.0. The zero-order valence-corrected chi connectivity index (χ0v) is 23.8. The van der Waals surface area contributed by atoms with Gasteiger partial charge in [0, 0.05) is 53.6 Å². The van der Waals surface area contributed by atoms with Gasteiger partial charge in [-0.05, 0) is 36.1 Å². The minimum atomic E-state index is -1.38. The number of hydrogen-bond acceptors (Lipinski definition) is 6. The summed E-state index contributed by atoms with van der Waals surface area (Å²) >= 11 is 0. The van der Waals surface area contributed by atoms with Crippen molar-refractivity contribution < 1.29 is 34.2 Å². The monoisotopic (exact) mass is 602 g/mol. The van der Waals surface area contributed by atoms with Gasteiger partial charge >= 0.3 is 11.9 Å². The van der Waals surface area contributed by atoms with Crippen molar-refractivity contribution in [2.24, 2.45) is 5.73 Å². The standard InChI is InChI=1S/C31H34N6O7/c32-21(14-27(38)39)28(40)35-24(12-17-15-33-22-8-3-1-6-19(17)22)30(42)37-11-5-10-26(37)29(41)36-25(31(43)44)13-18-16-34-23-9-4-2-7-20(18)23/h1-4,6-9,15-16,21,24-26,33-34H,5,10-14,32H2,(H,35,40)(H,36,41)(H,38,39)(H,43,44). The minimum absolute atomic E-state index is 0.0342. The normalized spacial score (nSPS) is 16.8. The third kappa shape index (κ3) is 6.57. The van der Waals surface area contributed by atoms with E-state index < -0.39 is 60.2 Å². The van der Waals surface area contributed by atoms with Gasteiger partial charge in [-0.25, -0.2) is 4.79 Å². The number of carbonyl (C=O) groups is 5. The first kappa shape index (κ1) is 30.3. The first-order valence-corrected chi connectivity index (χ1v) is 14.3. The lowest BCUT2D eigenvalue weighted by Crippen LogP contribution is -2.57. The van der Waals surface area contributed by atoms with Crippen molar-refractivity contribution in [3.05, 3.63) is 72.1 Å². The van der Waals surface area contributed by atoms with Crippen molar-refractivity contribution in [1.29, 1.82) is 0 Å². The van der Waals surface area contributed by atoms with Gasteiger partial charge in [0.1, 0.15) is 18.1 Å². The molecule has 0 saturated carbocycles. The maximum Gasteiger partial charge on any atom is 0.326 e. The molecule has 13 nitrogen and oxygen atoms in total. The number of likely N-dealkylation sites (tertiary alicyclic amines) is 1. The van der Waals surface area contributed by atoms with Crippen molar-refractivity contribution in [3.63, 3.8) is 0 Å². The van der Waals surface area contributed by atoms with Crippen molar-refractivity contribution in [1.82, 2.24) is 25.5 Å².